The number of benzene rings is 2. The fourth-order valence-electron chi connectivity index (χ4n) is 3.53. The molecular formula is C23H26N4O3. The van der Waals surface area contributed by atoms with Gasteiger partial charge in [-0.1, -0.05) is 30.3 Å². The van der Waals surface area contributed by atoms with Gasteiger partial charge in [-0.05, 0) is 30.7 Å². The fraction of sp³-hybridized carbons (Fsp3) is 0.304. The molecule has 2 heterocycles. The molecule has 7 heteroatoms. The summed E-state index contributed by atoms with van der Waals surface area (Å²) < 4.78 is 12.8. The Morgan fingerprint density at radius 1 is 1.17 bits per heavy atom. The number of carbonyl (C=O) groups is 1. The summed E-state index contributed by atoms with van der Waals surface area (Å²) in [6.07, 6.45) is 1.52. The molecule has 3 aromatic rings. The second-order valence-corrected chi connectivity index (χ2v) is 7.30. The third kappa shape index (κ3) is 4.37. The Kier molecular flexibility index (Phi) is 6.11. The van der Waals surface area contributed by atoms with Gasteiger partial charge < -0.3 is 15.2 Å². The molecule has 1 aliphatic rings. The van der Waals surface area contributed by atoms with Crippen molar-refractivity contribution >= 4 is 11.6 Å². The lowest BCUT2D eigenvalue weighted by molar-refractivity contribution is 0.0322. The van der Waals surface area contributed by atoms with Gasteiger partial charge >= 0.3 is 0 Å². The number of carbonyl (C=O) groups excluding carboxylic acids is 1. The summed E-state index contributed by atoms with van der Waals surface area (Å²) in [5, 5.41) is 4.34. The Balaban J connectivity index is 1.46. The van der Waals surface area contributed by atoms with Crippen LogP contribution in [-0.2, 0) is 4.74 Å². The summed E-state index contributed by atoms with van der Waals surface area (Å²) in [5.74, 6) is 0.817. The zero-order valence-corrected chi connectivity index (χ0v) is 17.1. The van der Waals surface area contributed by atoms with Crippen LogP contribution in [0.4, 0.5) is 5.82 Å². The molecule has 0 atom stereocenters. The zero-order valence-electron chi connectivity index (χ0n) is 17.1. The van der Waals surface area contributed by atoms with Gasteiger partial charge in [0.1, 0.15) is 18.2 Å². The summed E-state index contributed by atoms with van der Waals surface area (Å²) >= 11 is 0. The predicted molar refractivity (Wildman–Crippen MR) is 115 cm³/mol. The number of aryl methyl sites for hydroxylation is 1. The van der Waals surface area contributed by atoms with Gasteiger partial charge in [-0.25, -0.2) is 4.68 Å². The maximum Gasteiger partial charge on any atom is 0.198 e. The van der Waals surface area contributed by atoms with Crippen LogP contribution in [0.2, 0.25) is 0 Å². The summed E-state index contributed by atoms with van der Waals surface area (Å²) in [4.78, 5) is 15.4. The van der Waals surface area contributed by atoms with E-state index in [4.69, 9.17) is 15.2 Å². The highest BCUT2D eigenvalue weighted by Crippen LogP contribution is 2.23. The molecule has 0 amide bonds. The number of nitrogens with zero attached hydrogens (tertiary/aromatic N) is 3. The minimum Gasteiger partial charge on any atom is -0.492 e. The molecule has 1 aromatic heterocycles. The minimum atomic E-state index is -0.175. The van der Waals surface area contributed by atoms with E-state index in [-0.39, 0.29) is 5.78 Å². The normalized spacial score (nSPS) is 14.6. The molecule has 1 fully saturated rings. The minimum absolute atomic E-state index is 0.175. The van der Waals surface area contributed by atoms with E-state index in [1.165, 1.54) is 6.20 Å². The van der Waals surface area contributed by atoms with Crippen molar-refractivity contribution < 1.29 is 14.3 Å². The van der Waals surface area contributed by atoms with E-state index in [0.29, 0.717) is 29.3 Å². The van der Waals surface area contributed by atoms with Crippen LogP contribution in [0.5, 0.6) is 5.75 Å². The lowest BCUT2D eigenvalue weighted by Crippen LogP contribution is -2.38. The molecule has 0 bridgehead atoms. The Morgan fingerprint density at radius 3 is 2.77 bits per heavy atom. The van der Waals surface area contributed by atoms with Gasteiger partial charge in [0.25, 0.3) is 0 Å². The highest BCUT2D eigenvalue weighted by atomic mass is 16.5. The second-order valence-electron chi connectivity index (χ2n) is 7.30. The van der Waals surface area contributed by atoms with Crippen molar-refractivity contribution in [3.05, 3.63) is 71.4 Å². The zero-order chi connectivity index (χ0) is 20.9. The molecule has 1 aliphatic heterocycles. The summed E-state index contributed by atoms with van der Waals surface area (Å²) in [6.45, 7) is 6.75. The van der Waals surface area contributed by atoms with E-state index in [1.54, 1.807) is 16.8 Å². The quantitative estimate of drug-likeness (QED) is 0.608. The average molecular weight is 406 g/mol. The monoisotopic (exact) mass is 406 g/mol. The first kappa shape index (κ1) is 20.1. The number of morpholine rings is 1. The topological polar surface area (TPSA) is 82.6 Å². The third-order valence-corrected chi connectivity index (χ3v) is 5.27. The van der Waals surface area contributed by atoms with Crippen LogP contribution in [0.1, 0.15) is 21.5 Å². The van der Waals surface area contributed by atoms with E-state index in [1.807, 2.05) is 43.3 Å². The van der Waals surface area contributed by atoms with Gasteiger partial charge in [0, 0.05) is 25.2 Å². The number of ether oxygens (including phenoxy) is 2. The predicted octanol–water partition coefficient (Wildman–Crippen LogP) is 2.70. The molecule has 30 heavy (non-hydrogen) atoms. The highest BCUT2D eigenvalue weighted by Gasteiger charge is 2.19. The lowest BCUT2D eigenvalue weighted by atomic mass is 10.1. The van der Waals surface area contributed by atoms with Crippen LogP contribution in [0, 0.1) is 6.92 Å². The average Bonchev–Trinajstić information content (AvgIpc) is 3.15. The number of rotatable bonds is 7. The van der Waals surface area contributed by atoms with Crippen LogP contribution in [-0.4, -0.2) is 59.9 Å². The Labute approximate surface area is 176 Å². The van der Waals surface area contributed by atoms with Gasteiger partial charge in [-0.3, -0.25) is 9.69 Å². The molecule has 7 nitrogen and oxygen atoms in total. The number of nitrogen functional groups attached to an aromatic ring is 1. The second kappa shape index (κ2) is 9.11. The van der Waals surface area contributed by atoms with Crippen molar-refractivity contribution in [2.75, 3.05) is 45.2 Å². The van der Waals surface area contributed by atoms with Gasteiger partial charge in [0.2, 0.25) is 0 Å². The molecular weight excluding hydrogens is 380 g/mol. The number of hydrogen-bond acceptors (Lipinski definition) is 6. The third-order valence-electron chi connectivity index (χ3n) is 5.27. The first-order chi connectivity index (χ1) is 14.6. The van der Waals surface area contributed by atoms with Crippen molar-refractivity contribution in [2.45, 2.75) is 6.92 Å². The molecule has 0 aliphatic carbocycles. The van der Waals surface area contributed by atoms with Crippen molar-refractivity contribution in [2.24, 2.45) is 0 Å². The smallest absolute Gasteiger partial charge is 0.198 e. The van der Waals surface area contributed by atoms with Crippen molar-refractivity contribution in [3.8, 4) is 11.4 Å². The first-order valence-electron chi connectivity index (χ1n) is 10.1. The molecule has 4 rings (SSSR count). The molecule has 1 saturated heterocycles. The summed E-state index contributed by atoms with van der Waals surface area (Å²) in [6, 6.07) is 15.0. The van der Waals surface area contributed by atoms with Gasteiger partial charge in [0.15, 0.2) is 5.78 Å². The number of anilines is 1. The molecule has 0 saturated carbocycles. The van der Waals surface area contributed by atoms with Crippen LogP contribution < -0.4 is 10.5 Å². The van der Waals surface area contributed by atoms with E-state index in [9.17, 15) is 4.79 Å². The molecule has 2 aromatic carbocycles. The summed E-state index contributed by atoms with van der Waals surface area (Å²) in [7, 11) is 0. The molecule has 0 spiro atoms. The molecule has 156 valence electrons. The Hall–Kier alpha value is -3.16. The van der Waals surface area contributed by atoms with Gasteiger partial charge in [-0.15, -0.1) is 0 Å². The van der Waals surface area contributed by atoms with Crippen LogP contribution >= 0.6 is 0 Å². The number of ketones is 1. The van der Waals surface area contributed by atoms with Gasteiger partial charge in [-0.2, -0.15) is 5.10 Å². The van der Waals surface area contributed by atoms with Crippen molar-refractivity contribution in [1.29, 1.82) is 0 Å². The number of nitrogens with two attached hydrogens (primary N) is 1. The highest BCUT2D eigenvalue weighted by molar-refractivity contribution is 6.11. The van der Waals surface area contributed by atoms with Crippen molar-refractivity contribution in [3.63, 3.8) is 0 Å². The van der Waals surface area contributed by atoms with E-state index >= 15 is 0 Å². The van der Waals surface area contributed by atoms with E-state index in [0.717, 1.165) is 44.1 Å². The van der Waals surface area contributed by atoms with Crippen LogP contribution in [0.3, 0.4) is 0 Å². The molecule has 0 radical (unpaired) electrons. The molecule has 2 N–H and O–H groups in total. The lowest BCUT2D eigenvalue weighted by Gasteiger charge is -2.26. The largest absolute Gasteiger partial charge is 0.492 e. The SMILES string of the molecule is Cc1ccccc1-n1ncc(C(=O)c2cccc(OCCN3CCOCC3)c2)c1N. The number of para-hydroxylation sites is 1. The maximum atomic E-state index is 13.1. The Morgan fingerprint density at radius 2 is 1.97 bits per heavy atom. The summed E-state index contributed by atoms with van der Waals surface area (Å²) in [5.41, 5.74) is 9.06. The first-order valence-corrected chi connectivity index (χ1v) is 10.1. The van der Waals surface area contributed by atoms with Crippen molar-refractivity contribution in [1.82, 2.24) is 14.7 Å². The fourth-order valence-corrected chi connectivity index (χ4v) is 3.53. The number of aromatic nitrogens is 2. The standard InChI is InChI=1S/C23H26N4O3/c1-17-5-2-3-8-21(17)27-23(24)20(16-25-27)22(28)18-6-4-7-19(15-18)30-14-11-26-9-12-29-13-10-26/h2-8,15-16H,9-14,24H2,1H3. The maximum absolute atomic E-state index is 13.1. The van der Waals surface area contributed by atoms with Gasteiger partial charge in [0.05, 0.1) is 30.7 Å². The van der Waals surface area contributed by atoms with E-state index in [2.05, 4.69) is 10.00 Å². The van der Waals surface area contributed by atoms with Crippen LogP contribution in [0.25, 0.3) is 5.69 Å². The van der Waals surface area contributed by atoms with Crippen LogP contribution in [0.15, 0.2) is 54.7 Å². The van der Waals surface area contributed by atoms with E-state index < -0.39 is 0 Å². The Bertz CT molecular complexity index is 1020. The number of hydrogen-bond donors (Lipinski definition) is 1. The molecule has 0 unspecified atom stereocenters.